The number of rotatable bonds is 5. The van der Waals surface area contributed by atoms with Gasteiger partial charge in [-0.25, -0.2) is 9.78 Å². The molecule has 1 aromatic carbocycles. The summed E-state index contributed by atoms with van der Waals surface area (Å²) in [6, 6.07) is 10.0. The lowest BCUT2D eigenvalue weighted by Gasteiger charge is -2.08. The Bertz CT molecular complexity index is 669. The van der Waals surface area contributed by atoms with Crippen LogP contribution in [0.3, 0.4) is 0 Å². The number of benzene rings is 1. The van der Waals surface area contributed by atoms with Gasteiger partial charge in [-0.2, -0.15) is 0 Å². The minimum absolute atomic E-state index is 0.144. The molecule has 0 unspecified atom stereocenters. The smallest absolute Gasteiger partial charge is 0.319 e. The highest BCUT2D eigenvalue weighted by atomic mass is 16.5. The van der Waals surface area contributed by atoms with E-state index in [9.17, 15) is 9.59 Å². The molecule has 2 aromatic rings. The summed E-state index contributed by atoms with van der Waals surface area (Å²) in [5, 5.41) is 7.95. The molecule has 3 amide bonds. The van der Waals surface area contributed by atoms with Gasteiger partial charge >= 0.3 is 6.03 Å². The fourth-order valence-electron chi connectivity index (χ4n) is 1.85. The second-order valence-corrected chi connectivity index (χ2v) is 4.67. The number of aromatic nitrogens is 1. The largest absolute Gasteiger partial charge is 0.481 e. The van der Waals surface area contributed by atoms with Crippen molar-refractivity contribution in [3.63, 3.8) is 0 Å². The molecule has 1 aromatic heterocycles. The van der Waals surface area contributed by atoms with Crippen LogP contribution < -0.4 is 20.7 Å². The van der Waals surface area contributed by atoms with Crippen LogP contribution in [0.25, 0.3) is 0 Å². The first-order valence-electron chi connectivity index (χ1n) is 6.98. The predicted molar refractivity (Wildman–Crippen MR) is 86.5 cm³/mol. The molecule has 0 bridgehead atoms. The van der Waals surface area contributed by atoms with Crippen molar-refractivity contribution in [3.05, 3.63) is 53.7 Å². The lowest BCUT2D eigenvalue weighted by molar-refractivity contribution is 0.0963. The van der Waals surface area contributed by atoms with E-state index in [-0.39, 0.29) is 11.9 Å². The summed E-state index contributed by atoms with van der Waals surface area (Å²) in [7, 11) is 3.10. The van der Waals surface area contributed by atoms with E-state index >= 15 is 0 Å². The monoisotopic (exact) mass is 314 g/mol. The maximum absolute atomic E-state index is 11.8. The molecule has 3 N–H and O–H groups in total. The van der Waals surface area contributed by atoms with Crippen molar-refractivity contribution in [2.24, 2.45) is 0 Å². The molecule has 0 aliphatic carbocycles. The Kier molecular flexibility index (Phi) is 5.51. The second-order valence-electron chi connectivity index (χ2n) is 4.67. The molecule has 0 saturated heterocycles. The van der Waals surface area contributed by atoms with Crippen LogP contribution in [0.1, 0.15) is 15.9 Å². The number of methoxy groups -OCH3 is 1. The van der Waals surface area contributed by atoms with Gasteiger partial charge in [-0.15, -0.1) is 0 Å². The van der Waals surface area contributed by atoms with Gasteiger partial charge in [0.25, 0.3) is 5.91 Å². The van der Waals surface area contributed by atoms with Crippen molar-refractivity contribution in [3.8, 4) is 5.88 Å². The number of urea groups is 1. The summed E-state index contributed by atoms with van der Waals surface area (Å²) in [6.07, 6.45) is 1.51. The van der Waals surface area contributed by atoms with E-state index in [0.29, 0.717) is 23.7 Å². The normalized spacial score (nSPS) is 9.83. The van der Waals surface area contributed by atoms with Crippen molar-refractivity contribution < 1.29 is 14.3 Å². The SMILES string of the molecule is CNC(=O)c1ccc(CNC(=O)Nc2ccc(OC)nc2)cc1. The Balaban J connectivity index is 1.84. The van der Waals surface area contributed by atoms with Crippen LogP contribution in [0.2, 0.25) is 0 Å². The van der Waals surface area contributed by atoms with E-state index in [4.69, 9.17) is 4.74 Å². The van der Waals surface area contributed by atoms with Crippen molar-refractivity contribution >= 4 is 17.6 Å². The van der Waals surface area contributed by atoms with Gasteiger partial charge < -0.3 is 20.7 Å². The maximum Gasteiger partial charge on any atom is 0.319 e. The third-order valence-corrected chi connectivity index (χ3v) is 3.10. The van der Waals surface area contributed by atoms with Crippen molar-refractivity contribution in [1.29, 1.82) is 0 Å². The number of nitrogens with one attached hydrogen (secondary N) is 3. The standard InChI is InChI=1S/C16H18N4O3/c1-17-15(21)12-5-3-11(4-6-12)9-19-16(22)20-13-7-8-14(23-2)18-10-13/h3-8,10H,9H2,1-2H3,(H,17,21)(H2,19,20,22). The van der Waals surface area contributed by atoms with E-state index in [1.807, 2.05) is 0 Å². The van der Waals surface area contributed by atoms with Gasteiger partial charge in [0.05, 0.1) is 19.0 Å². The number of hydrogen-bond donors (Lipinski definition) is 3. The van der Waals surface area contributed by atoms with Crippen LogP contribution in [0.5, 0.6) is 5.88 Å². The molecule has 7 nitrogen and oxygen atoms in total. The zero-order valence-electron chi connectivity index (χ0n) is 12.9. The number of ether oxygens (including phenoxy) is 1. The first kappa shape index (κ1) is 16.3. The van der Waals surface area contributed by atoms with Crippen LogP contribution in [-0.2, 0) is 6.54 Å². The number of hydrogen-bond acceptors (Lipinski definition) is 4. The van der Waals surface area contributed by atoms with Crippen molar-refractivity contribution in [1.82, 2.24) is 15.6 Å². The number of amides is 3. The lowest BCUT2D eigenvalue weighted by Crippen LogP contribution is -2.28. The third kappa shape index (κ3) is 4.70. The van der Waals surface area contributed by atoms with Crippen LogP contribution in [0.15, 0.2) is 42.6 Å². The zero-order valence-corrected chi connectivity index (χ0v) is 12.9. The molecule has 23 heavy (non-hydrogen) atoms. The lowest BCUT2D eigenvalue weighted by atomic mass is 10.1. The van der Waals surface area contributed by atoms with Crippen molar-refractivity contribution in [2.75, 3.05) is 19.5 Å². The number of carbonyl (C=O) groups excluding carboxylic acids is 2. The second kappa shape index (κ2) is 7.79. The Morgan fingerprint density at radius 2 is 1.87 bits per heavy atom. The summed E-state index contributed by atoms with van der Waals surface area (Å²) in [5.74, 6) is 0.335. The summed E-state index contributed by atoms with van der Waals surface area (Å²) < 4.78 is 4.95. The highest BCUT2D eigenvalue weighted by molar-refractivity contribution is 5.94. The summed E-state index contributed by atoms with van der Waals surface area (Å²) in [5.41, 5.74) is 2.03. The molecule has 120 valence electrons. The Labute approximate surface area is 134 Å². The number of anilines is 1. The third-order valence-electron chi connectivity index (χ3n) is 3.10. The van der Waals surface area contributed by atoms with Gasteiger partial charge in [-0.05, 0) is 23.8 Å². The zero-order chi connectivity index (χ0) is 16.7. The Hall–Kier alpha value is -3.09. The molecule has 1 heterocycles. The molecule has 2 rings (SSSR count). The highest BCUT2D eigenvalue weighted by Crippen LogP contribution is 2.10. The average molecular weight is 314 g/mol. The predicted octanol–water partition coefficient (Wildman–Crippen LogP) is 1.77. The number of carbonyl (C=O) groups is 2. The average Bonchev–Trinajstić information content (AvgIpc) is 2.60. The minimum atomic E-state index is -0.340. The molecule has 0 atom stereocenters. The molecule has 7 heteroatoms. The Morgan fingerprint density at radius 1 is 1.13 bits per heavy atom. The van der Waals surface area contributed by atoms with Crippen LogP contribution in [0.4, 0.5) is 10.5 Å². The Morgan fingerprint density at radius 3 is 2.43 bits per heavy atom. The first-order chi connectivity index (χ1) is 11.1. The topological polar surface area (TPSA) is 92.4 Å². The molecule has 0 aliphatic heterocycles. The summed E-state index contributed by atoms with van der Waals surface area (Å²) in [4.78, 5) is 27.3. The van der Waals surface area contributed by atoms with Gasteiger partial charge in [-0.3, -0.25) is 4.79 Å². The summed E-state index contributed by atoms with van der Waals surface area (Å²) in [6.45, 7) is 0.351. The highest BCUT2D eigenvalue weighted by Gasteiger charge is 2.05. The van der Waals surface area contributed by atoms with Gasteiger partial charge in [-0.1, -0.05) is 12.1 Å². The first-order valence-corrected chi connectivity index (χ1v) is 6.98. The molecular weight excluding hydrogens is 296 g/mol. The molecule has 0 radical (unpaired) electrons. The molecule has 0 spiro atoms. The van der Waals surface area contributed by atoms with Crippen LogP contribution in [0, 0.1) is 0 Å². The molecule has 0 fully saturated rings. The quantitative estimate of drug-likeness (QED) is 0.784. The van der Waals surface area contributed by atoms with Gasteiger partial charge in [0.15, 0.2) is 0 Å². The van der Waals surface area contributed by atoms with E-state index < -0.39 is 0 Å². The van der Waals surface area contributed by atoms with Gasteiger partial charge in [0.1, 0.15) is 0 Å². The fourth-order valence-corrected chi connectivity index (χ4v) is 1.85. The van der Waals surface area contributed by atoms with Gasteiger partial charge in [0.2, 0.25) is 5.88 Å². The van der Waals surface area contributed by atoms with E-state index in [0.717, 1.165) is 5.56 Å². The van der Waals surface area contributed by atoms with E-state index in [1.54, 1.807) is 43.4 Å². The van der Waals surface area contributed by atoms with E-state index in [1.165, 1.54) is 13.3 Å². The molecule has 0 aliphatic rings. The number of nitrogens with zero attached hydrogens (tertiary/aromatic N) is 1. The molecular formula is C16H18N4O3. The van der Waals surface area contributed by atoms with Crippen LogP contribution >= 0.6 is 0 Å². The fraction of sp³-hybridized carbons (Fsp3) is 0.188. The molecule has 0 saturated carbocycles. The van der Waals surface area contributed by atoms with Crippen LogP contribution in [-0.4, -0.2) is 31.1 Å². The number of pyridine rings is 1. The van der Waals surface area contributed by atoms with Gasteiger partial charge in [0, 0.05) is 25.2 Å². The van der Waals surface area contributed by atoms with Crippen molar-refractivity contribution in [2.45, 2.75) is 6.54 Å². The summed E-state index contributed by atoms with van der Waals surface area (Å²) >= 11 is 0. The maximum atomic E-state index is 11.8. The minimum Gasteiger partial charge on any atom is -0.481 e. The van der Waals surface area contributed by atoms with E-state index in [2.05, 4.69) is 20.9 Å².